The standard InChI is InChI=1S/C10H17N3O/c1-4-8(5-2)12-10-11-7-6-9(13-10)14-3/h6-8H,4-5H2,1-3H3,(H,11,12,13). The first kappa shape index (κ1) is 10.8. The Balaban J connectivity index is 2.65. The third-order valence-electron chi connectivity index (χ3n) is 2.16. The van der Waals surface area contributed by atoms with Gasteiger partial charge >= 0.3 is 0 Å². The van der Waals surface area contributed by atoms with E-state index in [0.717, 1.165) is 12.8 Å². The van der Waals surface area contributed by atoms with Crippen molar-refractivity contribution in [3.8, 4) is 5.88 Å². The number of anilines is 1. The van der Waals surface area contributed by atoms with Crippen LogP contribution in [0.3, 0.4) is 0 Å². The topological polar surface area (TPSA) is 47.0 Å². The summed E-state index contributed by atoms with van der Waals surface area (Å²) in [6, 6.07) is 2.17. The van der Waals surface area contributed by atoms with Crippen molar-refractivity contribution in [2.75, 3.05) is 12.4 Å². The third-order valence-corrected chi connectivity index (χ3v) is 2.16. The molecular formula is C10H17N3O. The molecule has 0 radical (unpaired) electrons. The zero-order valence-corrected chi connectivity index (χ0v) is 8.95. The molecule has 4 heteroatoms. The highest BCUT2D eigenvalue weighted by atomic mass is 16.5. The van der Waals surface area contributed by atoms with Gasteiger partial charge in [-0.25, -0.2) is 4.98 Å². The van der Waals surface area contributed by atoms with Crippen LogP contribution in [0.4, 0.5) is 5.95 Å². The highest BCUT2D eigenvalue weighted by Gasteiger charge is 2.05. The average molecular weight is 195 g/mol. The number of ether oxygens (including phenoxy) is 1. The molecular weight excluding hydrogens is 178 g/mol. The molecule has 1 N–H and O–H groups in total. The second-order valence-electron chi connectivity index (χ2n) is 3.08. The Morgan fingerprint density at radius 2 is 2.14 bits per heavy atom. The molecule has 14 heavy (non-hydrogen) atoms. The van der Waals surface area contributed by atoms with Gasteiger partial charge in [0.25, 0.3) is 0 Å². The van der Waals surface area contributed by atoms with E-state index in [0.29, 0.717) is 17.9 Å². The highest BCUT2D eigenvalue weighted by Crippen LogP contribution is 2.10. The molecule has 0 aliphatic carbocycles. The zero-order chi connectivity index (χ0) is 10.4. The largest absolute Gasteiger partial charge is 0.481 e. The minimum Gasteiger partial charge on any atom is -0.481 e. The van der Waals surface area contributed by atoms with Gasteiger partial charge in [-0.15, -0.1) is 0 Å². The number of nitrogens with one attached hydrogen (secondary N) is 1. The number of rotatable bonds is 5. The van der Waals surface area contributed by atoms with Crippen molar-refractivity contribution in [1.29, 1.82) is 0 Å². The van der Waals surface area contributed by atoms with Crippen molar-refractivity contribution in [3.05, 3.63) is 12.3 Å². The summed E-state index contributed by atoms with van der Waals surface area (Å²) in [4.78, 5) is 8.30. The van der Waals surface area contributed by atoms with Gasteiger partial charge in [0, 0.05) is 18.3 Å². The summed E-state index contributed by atoms with van der Waals surface area (Å²) < 4.78 is 5.01. The maximum atomic E-state index is 5.01. The molecule has 0 spiro atoms. The quantitative estimate of drug-likeness (QED) is 0.781. The zero-order valence-electron chi connectivity index (χ0n) is 8.95. The second kappa shape index (κ2) is 5.42. The molecule has 0 amide bonds. The van der Waals surface area contributed by atoms with Crippen LogP contribution in [0, 0.1) is 0 Å². The van der Waals surface area contributed by atoms with Crippen LogP contribution in [0.2, 0.25) is 0 Å². The van der Waals surface area contributed by atoms with Gasteiger partial charge in [-0.2, -0.15) is 4.98 Å². The average Bonchev–Trinajstić information content (AvgIpc) is 2.26. The predicted octanol–water partition coefficient (Wildman–Crippen LogP) is 2.09. The number of nitrogens with zero attached hydrogens (tertiary/aromatic N) is 2. The smallest absolute Gasteiger partial charge is 0.226 e. The van der Waals surface area contributed by atoms with Crippen LogP contribution < -0.4 is 10.1 Å². The van der Waals surface area contributed by atoms with E-state index in [1.807, 2.05) is 0 Å². The summed E-state index contributed by atoms with van der Waals surface area (Å²) in [5.41, 5.74) is 0. The maximum Gasteiger partial charge on any atom is 0.226 e. The fourth-order valence-corrected chi connectivity index (χ4v) is 1.20. The fourth-order valence-electron chi connectivity index (χ4n) is 1.20. The molecule has 1 aromatic rings. The molecule has 0 bridgehead atoms. The van der Waals surface area contributed by atoms with Crippen molar-refractivity contribution in [2.45, 2.75) is 32.7 Å². The summed E-state index contributed by atoms with van der Waals surface area (Å²) in [5.74, 6) is 1.23. The van der Waals surface area contributed by atoms with Crippen LogP contribution in [0.25, 0.3) is 0 Å². The highest BCUT2D eigenvalue weighted by molar-refractivity contribution is 5.28. The van der Waals surface area contributed by atoms with Gasteiger partial charge in [-0.05, 0) is 12.8 Å². The van der Waals surface area contributed by atoms with E-state index in [4.69, 9.17) is 4.74 Å². The Morgan fingerprint density at radius 3 is 2.71 bits per heavy atom. The van der Waals surface area contributed by atoms with E-state index in [2.05, 4.69) is 29.1 Å². The van der Waals surface area contributed by atoms with E-state index < -0.39 is 0 Å². The summed E-state index contributed by atoms with van der Waals surface area (Å²) in [7, 11) is 1.60. The van der Waals surface area contributed by atoms with Gasteiger partial charge in [0.05, 0.1) is 7.11 Å². The summed E-state index contributed by atoms with van der Waals surface area (Å²) in [6.45, 7) is 4.28. The molecule has 1 heterocycles. The second-order valence-corrected chi connectivity index (χ2v) is 3.08. The van der Waals surface area contributed by atoms with Crippen molar-refractivity contribution in [1.82, 2.24) is 9.97 Å². The SMILES string of the molecule is CCC(CC)Nc1nccc(OC)n1. The Kier molecular flexibility index (Phi) is 4.16. The van der Waals surface area contributed by atoms with Gasteiger partial charge in [-0.3, -0.25) is 0 Å². The fraction of sp³-hybridized carbons (Fsp3) is 0.600. The number of aromatic nitrogens is 2. The molecule has 1 aromatic heterocycles. The van der Waals surface area contributed by atoms with Gasteiger partial charge in [-0.1, -0.05) is 13.8 Å². The summed E-state index contributed by atoms with van der Waals surface area (Å²) >= 11 is 0. The van der Waals surface area contributed by atoms with Gasteiger partial charge < -0.3 is 10.1 Å². The van der Waals surface area contributed by atoms with Crippen LogP contribution in [-0.4, -0.2) is 23.1 Å². The van der Waals surface area contributed by atoms with E-state index in [9.17, 15) is 0 Å². The van der Waals surface area contributed by atoms with Gasteiger partial charge in [0.2, 0.25) is 11.8 Å². The Morgan fingerprint density at radius 1 is 1.43 bits per heavy atom. The first-order chi connectivity index (χ1) is 6.80. The van der Waals surface area contributed by atoms with Crippen LogP contribution in [0.1, 0.15) is 26.7 Å². The molecule has 4 nitrogen and oxygen atoms in total. The molecule has 0 fully saturated rings. The van der Waals surface area contributed by atoms with Crippen molar-refractivity contribution >= 4 is 5.95 Å². The summed E-state index contributed by atoms with van der Waals surface area (Å²) in [6.07, 6.45) is 3.82. The molecule has 0 unspecified atom stereocenters. The van der Waals surface area contributed by atoms with E-state index in [1.165, 1.54) is 0 Å². The normalized spacial score (nSPS) is 10.3. The first-order valence-corrected chi connectivity index (χ1v) is 4.93. The van der Waals surface area contributed by atoms with Crippen molar-refractivity contribution in [2.24, 2.45) is 0 Å². The van der Waals surface area contributed by atoms with Gasteiger partial charge in [0.15, 0.2) is 0 Å². The Bertz CT molecular complexity index is 274. The van der Waals surface area contributed by atoms with E-state index in [1.54, 1.807) is 19.4 Å². The molecule has 0 saturated heterocycles. The van der Waals surface area contributed by atoms with Crippen LogP contribution in [0.15, 0.2) is 12.3 Å². The molecule has 0 atom stereocenters. The van der Waals surface area contributed by atoms with Crippen molar-refractivity contribution < 1.29 is 4.74 Å². The maximum absolute atomic E-state index is 5.01. The molecule has 0 aliphatic rings. The number of hydrogen-bond donors (Lipinski definition) is 1. The van der Waals surface area contributed by atoms with Gasteiger partial charge in [0.1, 0.15) is 0 Å². The summed E-state index contributed by atoms with van der Waals surface area (Å²) in [5, 5.41) is 3.25. The predicted molar refractivity (Wildman–Crippen MR) is 56.6 cm³/mol. The molecule has 1 rings (SSSR count). The number of methoxy groups -OCH3 is 1. The minimum atomic E-state index is 0.433. The third kappa shape index (κ3) is 2.87. The van der Waals surface area contributed by atoms with E-state index >= 15 is 0 Å². The minimum absolute atomic E-state index is 0.433. The van der Waals surface area contributed by atoms with Crippen LogP contribution >= 0.6 is 0 Å². The molecule has 78 valence electrons. The first-order valence-electron chi connectivity index (χ1n) is 4.93. The lowest BCUT2D eigenvalue weighted by Gasteiger charge is -2.14. The Labute approximate surface area is 84.7 Å². The monoisotopic (exact) mass is 195 g/mol. The van der Waals surface area contributed by atoms with Crippen LogP contribution in [-0.2, 0) is 0 Å². The lowest BCUT2D eigenvalue weighted by molar-refractivity contribution is 0.397. The Hall–Kier alpha value is -1.32. The molecule has 0 aliphatic heterocycles. The molecule has 0 aromatic carbocycles. The van der Waals surface area contributed by atoms with Crippen LogP contribution in [0.5, 0.6) is 5.88 Å². The lowest BCUT2D eigenvalue weighted by atomic mass is 10.2. The number of hydrogen-bond acceptors (Lipinski definition) is 4. The lowest BCUT2D eigenvalue weighted by Crippen LogP contribution is -2.18. The van der Waals surface area contributed by atoms with E-state index in [-0.39, 0.29) is 0 Å². The molecule has 0 saturated carbocycles. The van der Waals surface area contributed by atoms with Crippen molar-refractivity contribution in [3.63, 3.8) is 0 Å².